The summed E-state index contributed by atoms with van der Waals surface area (Å²) in [6, 6.07) is 14.1. The number of aromatic nitrogens is 1. The maximum atomic E-state index is 12.3. The summed E-state index contributed by atoms with van der Waals surface area (Å²) in [4.78, 5) is 36.7. The Morgan fingerprint density at radius 1 is 0.852 bits per heavy atom. The third kappa shape index (κ3) is 4.00. The molecule has 0 fully saturated rings. The van der Waals surface area contributed by atoms with Crippen molar-refractivity contribution < 1.29 is 23.6 Å². The van der Waals surface area contributed by atoms with E-state index in [1.807, 2.05) is 0 Å². The summed E-state index contributed by atoms with van der Waals surface area (Å²) in [6.45, 7) is 3.56. The van der Waals surface area contributed by atoms with Crippen LogP contribution < -0.4 is 0 Å². The summed E-state index contributed by atoms with van der Waals surface area (Å²) >= 11 is 0. The molecule has 0 aliphatic carbocycles. The van der Waals surface area contributed by atoms with E-state index in [0.29, 0.717) is 17.0 Å². The van der Waals surface area contributed by atoms with Gasteiger partial charge in [-0.05, 0) is 26.0 Å². The van der Waals surface area contributed by atoms with Crippen molar-refractivity contribution in [3.63, 3.8) is 0 Å². The lowest BCUT2D eigenvalue weighted by atomic mass is 10.0. The summed E-state index contributed by atoms with van der Waals surface area (Å²) in [5, 5.41) is 3.80. The van der Waals surface area contributed by atoms with Crippen molar-refractivity contribution in [2.75, 3.05) is 0 Å². The zero-order chi connectivity index (χ0) is 19.4. The number of ketones is 2. The van der Waals surface area contributed by atoms with Crippen molar-refractivity contribution in [3.05, 3.63) is 88.3 Å². The highest BCUT2D eigenvalue weighted by Gasteiger charge is 2.19. The summed E-state index contributed by atoms with van der Waals surface area (Å²) in [5.41, 5.74) is 2.21. The molecule has 0 aliphatic rings. The van der Waals surface area contributed by atoms with E-state index in [1.54, 1.807) is 44.2 Å². The minimum Gasteiger partial charge on any atom is -0.457 e. The molecule has 3 aromatic rings. The fraction of sp³-hybridized carbons (Fsp3) is 0.143. The van der Waals surface area contributed by atoms with Gasteiger partial charge in [0, 0.05) is 11.1 Å². The number of hydrogen-bond acceptors (Lipinski definition) is 6. The molecule has 0 bridgehead atoms. The van der Waals surface area contributed by atoms with Crippen molar-refractivity contribution in [3.8, 4) is 0 Å². The SMILES string of the molecule is Cc1noc(C)c1COC(=O)c1ccc(C(=O)C(=O)c2ccccc2)cc1. The van der Waals surface area contributed by atoms with E-state index in [9.17, 15) is 14.4 Å². The second-order valence-corrected chi connectivity index (χ2v) is 5.98. The number of carbonyl (C=O) groups excluding carboxylic acids is 3. The Morgan fingerprint density at radius 3 is 1.96 bits per heavy atom. The Morgan fingerprint density at radius 2 is 1.41 bits per heavy atom. The van der Waals surface area contributed by atoms with Crippen molar-refractivity contribution in [2.45, 2.75) is 20.5 Å². The van der Waals surface area contributed by atoms with Gasteiger partial charge in [-0.3, -0.25) is 9.59 Å². The Kier molecular flexibility index (Phi) is 5.26. The quantitative estimate of drug-likeness (QED) is 0.377. The van der Waals surface area contributed by atoms with Crippen LogP contribution in [0.5, 0.6) is 0 Å². The zero-order valence-corrected chi connectivity index (χ0v) is 14.9. The maximum absolute atomic E-state index is 12.3. The van der Waals surface area contributed by atoms with Gasteiger partial charge in [0.1, 0.15) is 12.4 Å². The number of benzene rings is 2. The molecule has 6 nitrogen and oxygen atoms in total. The average Bonchev–Trinajstić information content (AvgIpc) is 3.03. The van der Waals surface area contributed by atoms with Crippen LogP contribution in [0.2, 0.25) is 0 Å². The predicted molar refractivity (Wildman–Crippen MR) is 96.6 cm³/mol. The van der Waals surface area contributed by atoms with Crippen molar-refractivity contribution >= 4 is 17.5 Å². The van der Waals surface area contributed by atoms with Crippen LogP contribution in [0.3, 0.4) is 0 Å². The fourth-order valence-corrected chi connectivity index (χ4v) is 2.54. The number of carbonyl (C=O) groups is 3. The lowest BCUT2D eigenvalue weighted by Gasteiger charge is -2.05. The highest BCUT2D eigenvalue weighted by Crippen LogP contribution is 2.15. The lowest BCUT2D eigenvalue weighted by Crippen LogP contribution is -2.14. The molecule has 2 aromatic carbocycles. The van der Waals surface area contributed by atoms with Crippen LogP contribution in [0.1, 0.15) is 48.1 Å². The molecule has 0 spiro atoms. The van der Waals surface area contributed by atoms with Crippen LogP contribution in [-0.2, 0) is 11.3 Å². The van der Waals surface area contributed by atoms with Crippen molar-refractivity contribution in [2.24, 2.45) is 0 Å². The highest BCUT2D eigenvalue weighted by atomic mass is 16.5. The van der Waals surface area contributed by atoms with Gasteiger partial charge in [0.2, 0.25) is 11.6 Å². The molecule has 6 heteroatoms. The number of aryl methyl sites for hydroxylation is 2. The average molecular weight is 363 g/mol. The topological polar surface area (TPSA) is 86.5 Å². The molecule has 1 heterocycles. The van der Waals surface area contributed by atoms with Crippen LogP contribution in [0, 0.1) is 13.8 Å². The van der Waals surface area contributed by atoms with Crippen LogP contribution in [0.15, 0.2) is 59.1 Å². The van der Waals surface area contributed by atoms with Gasteiger partial charge in [0.25, 0.3) is 0 Å². The molecular formula is C21H17NO5. The number of hydrogen-bond donors (Lipinski definition) is 0. The molecule has 0 saturated carbocycles. The largest absolute Gasteiger partial charge is 0.457 e. The maximum Gasteiger partial charge on any atom is 0.338 e. The summed E-state index contributed by atoms with van der Waals surface area (Å²) in [7, 11) is 0. The zero-order valence-electron chi connectivity index (χ0n) is 14.9. The number of rotatable bonds is 6. The number of nitrogens with zero attached hydrogens (tertiary/aromatic N) is 1. The number of Topliss-reactive ketones (excluding diaryl/α,β-unsaturated/α-hetero) is 2. The van der Waals surface area contributed by atoms with Gasteiger partial charge >= 0.3 is 5.97 Å². The molecule has 0 amide bonds. The molecule has 0 aliphatic heterocycles. The predicted octanol–water partition coefficient (Wildman–Crippen LogP) is 3.71. The van der Waals surface area contributed by atoms with E-state index in [0.717, 1.165) is 5.56 Å². The van der Waals surface area contributed by atoms with E-state index < -0.39 is 17.5 Å². The van der Waals surface area contributed by atoms with Gasteiger partial charge in [-0.1, -0.05) is 47.6 Å². The molecule has 0 unspecified atom stereocenters. The first-order valence-corrected chi connectivity index (χ1v) is 8.30. The second kappa shape index (κ2) is 7.78. The molecule has 0 saturated heterocycles. The molecule has 0 atom stereocenters. The molecule has 136 valence electrons. The molecule has 0 radical (unpaired) electrons. The van der Waals surface area contributed by atoms with Gasteiger partial charge in [0.05, 0.1) is 16.8 Å². The lowest BCUT2D eigenvalue weighted by molar-refractivity contribution is 0.0470. The number of ether oxygens (including phenoxy) is 1. The molecule has 3 rings (SSSR count). The molecule has 27 heavy (non-hydrogen) atoms. The summed E-state index contributed by atoms with van der Waals surface area (Å²) < 4.78 is 10.3. The Labute approximate surface area is 155 Å². The normalized spacial score (nSPS) is 10.4. The second-order valence-electron chi connectivity index (χ2n) is 5.98. The molecular weight excluding hydrogens is 346 g/mol. The Bertz CT molecular complexity index is 968. The Balaban J connectivity index is 1.67. The highest BCUT2D eigenvalue weighted by molar-refractivity contribution is 6.49. The third-order valence-corrected chi connectivity index (χ3v) is 4.15. The molecule has 0 N–H and O–H groups in total. The standard InChI is InChI=1S/C21H17NO5/c1-13-18(14(2)27-22-13)12-26-21(25)17-10-8-16(9-11-17)20(24)19(23)15-6-4-3-5-7-15/h3-11H,12H2,1-2H3. The summed E-state index contributed by atoms with van der Waals surface area (Å²) in [5.74, 6) is -1.16. The Hall–Kier alpha value is -3.54. The van der Waals surface area contributed by atoms with Gasteiger partial charge in [-0.15, -0.1) is 0 Å². The smallest absolute Gasteiger partial charge is 0.338 e. The van der Waals surface area contributed by atoms with Gasteiger partial charge in [-0.25, -0.2) is 4.79 Å². The van der Waals surface area contributed by atoms with E-state index in [-0.39, 0.29) is 17.7 Å². The van der Waals surface area contributed by atoms with Gasteiger partial charge in [0.15, 0.2) is 0 Å². The molecule has 1 aromatic heterocycles. The third-order valence-electron chi connectivity index (χ3n) is 4.15. The number of esters is 1. The van der Waals surface area contributed by atoms with Crippen LogP contribution in [0.25, 0.3) is 0 Å². The van der Waals surface area contributed by atoms with Gasteiger partial charge in [-0.2, -0.15) is 0 Å². The van der Waals surface area contributed by atoms with Gasteiger partial charge < -0.3 is 9.26 Å². The van der Waals surface area contributed by atoms with Crippen LogP contribution in [0.4, 0.5) is 0 Å². The minimum absolute atomic E-state index is 0.0488. The van der Waals surface area contributed by atoms with E-state index in [2.05, 4.69) is 5.16 Å². The first-order valence-electron chi connectivity index (χ1n) is 8.30. The minimum atomic E-state index is -0.628. The first kappa shape index (κ1) is 18.3. The monoisotopic (exact) mass is 363 g/mol. The summed E-state index contributed by atoms with van der Waals surface area (Å²) in [6.07, 6.45) is 0. The van der Waals surface area contributed by atoms with Crippen LogP contribution in [-0.4, -0.2) is 22.7 Å². The van der Waals surface area contributed by atoms with E-state index >= 15 is 0 Å². The van der Waals surface area contributed by atoms with Crippen molar-refractivity contribution in [1.29, 1.82) is 0 Å². The fourth-order valence-electron chi connectivity index (χ4n) is 2.54. The first-order chi connectivity index (χ1) is 13.0. The van der Waals surface area contributed by atoms with Crippen LogP contribution >= 0.6 is 0 Å². The van der Waals surface area contributed by atoms with Crippen molar-refractivity contribution in [1.82, 2.24) is 5.16 Å². The van der Waals surface area contributed by atoms with E-state index in [1.165, 1.54) is 24.3 Å². The van der Waals surface area contributed by atoms with E-state index in [4.69, 9.17) is 9.26 Å².